The van der Waals surface area contributed by atoms with E-state index in [-0.39, 0.29) is 0 Å². The molecule has 0 unspecified atom stereocenters. The van der Waals surface area contributed by atoms with Crippen LogP contribution in [0.3, 0.4) is 0 Å². The van der Waals surface area contributed by atoms with Crippen molar-refractivity contribution in [1.82, 2.24) is 0 Å². The molecule has 0 spiro atoms. The lowest BCUT2D eigenvalue weighted by Crippen LogP contribution is -2.09. The Labute approximate surface area is 158 Å². The summed E-state index contributed by atoms with van der Waals surface area (Å²) >= 11 is 6.27. The van der Waals surface area contributed by atoms with Crippen molar-refractivity contribution in [2.24, 2.45) is 4.99 Å². The quantitative estimate of drug-likeness (QED) is 0.694. The fourth-order valence-electron chi connectivity index (χ4n) is 2.29. The second kappa shape index (κ2) is 8.91. The number of rotatable bonds is 8. The van der Waals surface area contributed by atoms with Crippen molar-refractivity contribution in [3.05, 3.63) is 53.6 Å². The van der Waals surface area contributed by atoms with Crippen molar-refractivity contribution in [2.45, 2.75) is 6.42 Å². The van der Waals surface area contributed by atoms with Crippen molar-refractivity contribution in [3.63, 3.8) is 0 Å². The Morgan fingerprint density at radius 2 is 1.73 bits per heavy atom. The summed E-state index contributed by atoms with van der Waals surface area (Å²) in [7, 11) is -0.130. The van der Waals surface area contributed by atoms with Crippen LogP contribution in [0.1, 0.15) is 11.1 Å². The fraction of sp³-hybridized carbons (Fsp3) is 0.278. The van der Waals surface area contributed by atoms with Crippen LogP contribution in [0.25, 0.3) is 0 Å². The summed E-state index contributed by atoms with van der Waals surface area (Å²) < 4.78 is 35.3. The molecule has 2 rings (SSSR count). The molecule has 8 heteroatoms. The molecule has 0 aliphatic carbocycles. The number of halogens is 1. The number of ether oxygens (including phenoxy) is 2. The van der Waals surface area contributed by atoms with Crippen LogP contribution in [0.4, 0.5) is 5.69 Å². The van der Waals surface area contributed by atoms with Gasteiger partial charge in [0.05, 0.1) is 20.5 Å². The summed E-state index contributed by atoms with van der Waals surface area (Å²) in [4.78, 5) is 4.38. The molecule has 0 bridgehead atoms. The monoisotopic (exact) mass is 396 g/mol. The first-order chi connectivity index (χ1) is 12.3. The Morgan fingerprint density at radius 3 is 2.31 bits per heavy atom. The lowest BCUT2D eigenvalue weighted by atomic mass is 10.1. The Morgan fingerprint density at radius 1 is 1.08 bits per heavy atom. The van der Waals surface area contributed by atoms with E-state index in [0.717, 1.165) is 17.4 Å². The van der Waals surface area contributed by atoms with Crippen molar-refractivity contribution >= 4 is 32.5 Å². The standard InChI is InChI=1S/C18H21ClN2O4S/c1-24-16-9-6-14(12-17(16)25-2)18(19)20-11-10-13-4-7-15(8-5-13)21-26(3,22)23/h4-9,12,21H,10-11H2,1-3H3/b20-18-. The van der Waals surface area contributed by atoms with E-state index in [1.54, 1.807) is 38.5 Å². The minimum atomic E-state index is -3.27. The molecule has 6 nitrogen and oxygen atoms in total. The van der Waals surface area contributed by atoms with Crippen molar-refractivity contribution in [2.75, 3.05) is 31.7 Å². The third-order valence-corrected chi connectivity index (χ3v) is 4.47. The maximum absolute atomic E-state index is 11.2. The van der Waals surface area contributed by atoms with E-state index in [4.69, 9.17) is 21.1 Å². The lowest BCUT2D eigenvalue weighted by molar-refractivity contribution is 0.355. The van der Waals surface area contributed by atoms with Gasteiger partial charge in [0, 0.05) is 17.8 Å². The van der Waals surface area contributed by atoms with Gasteiger partial charge in [-0.15, -0.1) is 0 Å². The lowest BCUT2D eigenvalue weighted by Gasteiger charge is -2.09. The molecule has 2 aromatic carbocycles. The normalized spacial score (nSPS) is 11.9. The molecular formula is C18H21ClN2O4S. The number of benzene rings is 2. The number of hydrogen-bond donors (Lipinski definition) is 1. The SMILES string of the molecule is COc1ccc(/C(Cl)=N/CCc2ccc(NS(C)(=O)=O)cc2)cc1OC. The molecule has 26 heavy (non-hydrogen) atoms. The molecule has 0 atom stereocenters. The Balaban J connectivity index is 1.99. The molecule has 1 N–H and O–H groups in total. The third kappa shape index (κ3) is 5.93. The van der Waals surface area contributed by atoms with Gasteiger partial charge in [-0.1, -0.05) is 23.7 Å². The second-order valence-corrected chi connectivity index (χ2v) is 7.67. The van der Waals surface area contributed by atoms with E-state index in [1.165, 1.54) is 0 Å². The molecule has 0 fully saturated rings. The van der Waals surface area contributed by atoms with E-state index in [9.17, 15) is 8.42 Å². The van der Waals surface area contributed by atoms with Crippen molar-refractivity contribution in [1.29, 1.82) is 0 Å². The summed E-state index contributed by atoms with van der Waals surface area (Å²) in [6.07, 6.45) is 1.80. The zero-order chi connectivity index (χ0) is 19.2. The molecule has 0 radical (unpaired) electrons. The molecule has 140 valence electrons. The third-order valence-electron chi connectivity index (χ3n) is 3.53. The average molecular weight is 397 g/mol. The maximum Gasteiger partial charge on any atom is 0.229 e. The van der Waals surface area contributed by atoms with E-state index in [0.29, 0.717) is 35.3 Å². The molecule has 0 aromatic heterocycles. The van der Waals surface area contributed by atoms with Crippen molar-refractivity contribution in [3.8, 4) is 11.5 Å². The van der Waals surface area contributed by atoms with Crippen LogP contribution in [0.15, 0.2) is 47.5 Å². The predicted octanol–water partition coefficient (Wildman–Crippen LogP) is 3.30. The van der Waals surface area contributed by atoms with E-state index in [1.807, 2.05) is 18.2 Å². The first-order valence-corrected chi connectivity index (χ1v) is 10.1. The zero-order valence-electron chi connectivity index (χ0n) is 14.8. The Bertz CT molecular complexity index is 881. The molecule has 0 saturated heterocycles. The summed E-state index contributed by atoms with van der Waals surface area (Å²) in [6.45, 7) is 0.506. The zero-order valence-corrected chi connectivity index (χ0v) is 16.4. The second-order valence-electron chi connectivity index (χ2n) is 5.56. The van der Waals surface area contributed by atoms with Gasteiger partial charge in [-0.3, -0.25) is 9.71 Å². The van der Waals surface area contributed by atoms with Crippen LogP contribution >= 0.6 is 11.6 Å². The molecule has 0 saturated carbocycles. The highest BCUT2D eigenvalue weighted by atomic mass is 35.5. The summed E-state index contributed by atoms with van der Waals surface area (Å²) in [5, 5.41) is 0.390. The van der Waals surface area contributed by atoms with Crippen LogP contribution in [0.5, 0.6) is 11.5 Å². The van der Waals surface area contributed by atoms with Gasteiger partial charge in [0.25, 0.3) is 0 Å². The molecule has 0 amide bonds. The number of aliphatic imine (C=N–C) groups is 1. The van der Waals surface area contributed by atoms with Crippen LogP contribution in [-0.2, 0) is 16.4 Å². The summed E-state index contributed by atoms with van der Waals surface area (Å²) in [6, 6.07) is 12.5. The van der Waals surface area contributed by atoms with Gasteiger partial charge in [0.15, 0.2) is 11.5 Å². The van der Waals surface area contributed by atoms with Crippen LogP contribution in [0, 0.1) is 0 Å². The van der Waals surface area contributed by atoms with Gasteiger partial charge in [-0.25, -0.2) is 8.42 Å². The van der Waals surface area contributed by atoms with Gasteiger partial charge in [-0.05, 0) is 42.3 Å². The first kappa shape index (κ1) is 20.1. The van der Waals surface area contributed by atoms with E-state index < -0.39 is 10.0 Å². The minimum Gasteiger partial charge on any atom is -0.493 e. The Kier molecular flexibility index (Phi) is 6.88. The average Bonchev–Trinajstić information content (AvgIpc) is 2.61. The Hall–Kier alpha value is -2.25. The van der Waals surface area contributed by atoms with Gasteiger partial charge < -0.3 is 9.47 Å². The topological polar surface area (TPSA) is 77.0 Å². The number of methoxy groups -OCH3 is 2. The number of sulfonamides is 1. The van der Waals surface area contributed by atoms with Gasteiger partial charge >= 0.3 is 0 Å². The number of hydrogen-bond acceptors (Lipinski definition) is 5. The molecule has 2 aromatic rings. The predicted molar refractivity (Wildman–Crippen MR) is 105 cm³/mol. The van der Waals surface area contributed by atoms with E-state index in [2.05, 4.69) is 9.71 Å². The molecule has 0 heterocycles. The number of nitrogens with zero attached hydrogens (tertiary/aromatic N) is 1. The maximum atomic E-state index is 11.2. The largest absolute Gasteiger partial charge is 0.493 e. The minimum absolute atomic E-state index is 0.390. The van der Waals surface area contributed by atoms with Gasteiger partial charge in [0.2, 0.25) is 10.0 Å². The molecule has 0 aliphatic rings. The van der Waals surface area contributed by atoms with Crippen molar-refractivity contribution < 1.29 is 17.9 Å². The van der Waals surface area contributed by atoms with Crippen LogP contribution < -0.4 is 14.2 Å². The highest BCUT2D eigenvalue weighted by Gasteiger charge is 2.07. The smallest absolute Gasteiger partial charge is 0.229 e. The first-order valence-electron chi connectivity index (χ1n) is 7.81. The molecular weight excluding hydrogens is 376 g/mol. The summed E-state index contributed by atoms with van der Waals surface area (Å²) in [5.41, 5.74) is 2.31. The summed E-state index contributed by atoms with van der Waals surface area (Å²) in [5.74, 6) is 1.22. The highest BCUT2D eigenvalue weighted by Crippen LogP contribution is 2.28. The van der Waals surface area contributed by atoms with Crippen LogP contribution in [0.2, 0.25) is 0 Å². The highest BCUT2D eigenvalue weighted by molar-refractivity contribution is 7.92. The molecule has 0 aliphatic heterocycles. The number of nitrogens with one attached hydrogen (secondary N) is 1. The van der Waals surface area contributed by atoms with Gasteiger partial charge in [0.1, 0.15) is 5.17 Å². The van der Waals surface area contributed by atoms with Gasteiger partial charge in [-0.2, -0.15) is 0 Å². The van der Waals surface area contributed by atoms with E-state index >= 15 is 0 Å². The fourth-order valence-corrected chi connectivity index (χ4v) is 3.06. The van der Waals surface area contributed by atoms with Crippen LogP contribution in [-0.4, -0.2) is 40.6 Å². The number of anilines is 1.